The van der Waals surface area contributed by atoms with Gasteiger partial charge in [-0.15, -0.1) is 0 Å². The highest BCUT2D eigenvalue weighted by atomic mass is 15.0. The molecule has 1 unspecified atom stereocenters. The summed E-state index contributed by atoms with van der Waals surface area (Å²) in [5, 5.41) is 26.9. The van der Waals surface area contributed by atoms with E-state index in [0.717, 1.165) is 48.4 Å². The maximum atomic E-state index is 9.07. The third kappa shape index (κ3) is 4.78. The largest absolute Gasteiger partial charge is 0.393 e. The first-order chi connectivity index (χ1) is 14.1. The van der Waals surface area contributed by atoms with Crippen molar-refractivity contribution in [1.29, 1.82) is 10.8 Å². The number of hydrogen-bond donors (Lipinski definition) is 5. The summed E-state index contributed by atoms with van der Waals surface area (Å²) in [5.74, 6) is 0.0915. The number of allylic oxidation sites excluding steroid dienone is 1. The van der Waals surface area contributed by atoms with Crippen molar-refractivity contribution < 1.29 is 0 Å². The lowest BCUT2D eigenvalue weighted by atomic mass is 9.82. The molecule has 3 rings (SSSR count). The van der Waals surface area contributed by atoms with E-state index in [0.29, 0.717) is 6.04 Å². The molecule has 5 nitrogen and oxygen atoms in total. The molecule has 0 spiro atoms. The lowest BCUT2D eigenvalue weighted by molar-refractivity contribution is 0.356. The molecule has 0 amide bonds. The van der Waals surface area contributed by atoms with Crippen LogP contribution < -0.4 is 16.0 Å². The SMILES string of the molecule is CCC(C(=N)C1=C(NC2CCC2)CCNC1)c1ccc(/C(C=N)=C/NC)cc1C. The Hall–Kier alpha value is -2.40. The van der Waals surface area contributed by atoms with Gasteiger partial charge in [0.2, 0.25) is 0 Å². The minimum absolute atomic E-state index is 0.0915. The first-order valence-electron chi connectivity index (χ1n) is 10.9. The second-order valence-corrected chi connectivity index (χ2v) is 8.13. The van der Waals surface area contributed by atoms with Gasteiger partial charge in [0.15, 0.2) is 0 Å². The number of hydrogen-bond acceptors (Lipinski definition) is 5. The lowest BCUT2D eigenvalue weighted by Crippen LogP contribution is -2.41. The van der Waals surface area contributed by atoms with Gasteiger partial charge in [-0.2, -0.15) is 0 Å². The molecule has 1 aromatic rings. The Morgan fingerprint density at radius 3 is 2.72 bits per heavy atom. The van der Waals surface area contributed by atoms with E-state index in [1.165, 1.54) is 42.3 Å². The molecule has 0 bridgehead atoms. The summed E-state index contributed by atoms with van der Waals surface area (Å²) in [6.45, 7) is 6.06. The van der Waals surface area contributed by atoms with Crippen molar-refractivity contribution in [3.05, 3.63) is 52.4 Å². The van der Waals surface area contributed by atoms with Gasteiger partial charge in [-0.05, 0) is 49.3 Å². The quantitative estimate of drug-likeness (QED) is 0.410. The van der Waals surface area contributed by atoms with E-state index in [2.05, 4.69) is 48.0 Å². The Kier molecular flexibility index (Phi) is 7.26. The first kappa shape index (κ1) is 21.3. The molecule has 2 aliphatic rings. The number of aryl methyl sites for hydroxylation is 1. The summed E-state index contributed by atoms with van der Waals surface area (Å²) >= 11 is 0. The molecule has 1 saturated carbocycles. The number of nitrogens with one attached hydrogen (secondary N) is 5. The molecular formula is C24H35N5. The predicted molar refractivity (Wildman–Crippen MR) is 123 cm³/mol. The normalized spacial score (nSPS) is 18.8. The van der Waals surface area contributed by atoms with Crippen LogP contribution in [0.25, 0.3) is 5.57 Å². The van der Waals surface area contributed by atoms with Gasteiger partial charge in [-0.25, -0.2) is 0 Å². The smallest absolute Gasteiger partial charge is 0.0450 e. The Balaban J connectivity index is 1.88. The van der Waals surface area contributed by atoms with Gasteiger partial charge in [-0.1, -0.05) is 25.1 Å². The average Bonchev–Trinajstić information content (AvgIpc) is 2.70. The van der Waals surface area contributed by atoms with Gasteiger partial charge in [0.05, 0.1) is 0 Å². The third-order valence-corrected chi connectivity index (χ3v) is 6.22. The molecule has 1 aromatic carbocycles. The Morgan fingerprint density at radius 1 is 1.34 bits per heavy atom. The molecule has 1 atom stereocenters. The van der Waals surface area contributed by atoms with Crippen molar-refractivity contribution in [2.75, 3.05) is 20.1 Å². The fourth-order valence-corrected chi connectivity index (χ4v) is 4.30. The monoisotopic (exact) mass is 393 g/mol. The second kappa shape index (κ2) is 9.88. The van der Waals surface area contributed by atoms with Gasteiger partial charge in [0, 0.05) is 73.5 Å². The highest BCUT2D eigenvalue weighted by Crippen LogP contribution is 2.31. The molecule has 156 valence electrons. The minimum Gasteiger partial charge on any atom is -0.393 e. The van der Waals surface area contributed by atoms with Crippen LogP contribution in [0.1, 0.15) is 61.6 Å². The highest BCUT2D eigenvalue weighted by molar-refractivity contribution is 6.08. The van der Waals surface area contributed by atoms with Crippen LogP contribution in [0.3, 0.4) is 0 Å². The molecule has 1 heterocycles. The van der Waals surface area contributed by atoms with Crippen LogP contribution in [0, 0.1) is 17.7 Å². The fraction of sp³-hybridized carbons (Fsp3) is 0.500. The molecule has 5 N–H and O–H groups in total. The lowest BCUT2D eigenvalue weighted by Gasteiger charge is -2.33. The summed E-state index contributed by atoms with van der Waals surface area (Å²) in [6, 6.07) is 6.97. The maximum absolute atomic E-state index is 9.07. The fourth-order valence-electron chi connectivity index (χ4n) is 4.30. The van der Waals surface area contributed by atoms with Crippen LogP contribution in [-0.4, -0.2) is 38.1 Å². The highest BCUT2D eigenvalue weighted by Gasteiger charge is 2.26. The summed E-state index contributed by atoms with van der Waals surface area (Å²) in [5.41, 5.74) is 7.48. The zero-order valence-corrected chi connectivity index (χ0v) is 18.0. The zero-order valence-electron chi connectivity index (χ0n) is 18.0. The van der Waals surface area contributed by atoms with Gasteiger partial charge in [0.1, 0.15) is 0 Å². The van der Waals surface area contributed by atoms with Crippen molar-refractivity contribution >= 4 is 17.5 Å². The molecule has 0 saturated heterocycles. The molecular weight excluding hydrogens is 358 g/mol. The topological polar surface area (TPSA) is 83.8 Å². The minimum atomic E-state index is 0.0915. The second-order valence-electron chi connectivity index (χ2n) is 8.13. The number of rotatable bonds is 9. The maximum Gasteiger partial charge on any atom is 0.0450 e. The van der Waals surface area contributed by atoms with Crippen LogP contribution in [0.15, 0.2) is 35.7 Å². The molecule has 1 aliphatic carbocycles. The summed E-state index contributed by atoms with van der Waals surface area (Å²) in [7, 11) is 1.85. The molecule has 0 aromatic heterocycles. The van der Waals surface area contributed by atoms with Crippen molar-refractivity contribution in [3.63, 3.8) is 0 Å². The van der Waals surface area contributed by atoms with E-state index < -0.39 is 0 Å². The average molecular weight is 394 g/mol. The first-order valence-corrected chi connectivity index (χ1v) is 10.9. The van der Waals surface area contributed by atoms with Crippen molar-refractivity contribution in [3.8, 4) is 0 Å². The Morgan fingerprint density at radius 2 is 2.14 bits per heavy atom. The zero-order chi connectivity index (χ0) is 20.8. The third-order valence-electron chi connectivity index (χ3n) is 6.22. The van der Waals surface area contributed by atoms with Crippen molar-refractivity contribution in [1.82, 2.24) is 16.0 Å². The molecule has 29 heavy (non-hydrogen) atoms. The summed E-state index contributed by atoms with van der Waals surface area (Å²) < 4.78 is 0. The van der Waals surface area contributed by atoms with E-state index in [-0.39, 0.29) is 5.92 Å². The van der Waals surface area contributed by atoms with E-state index in [1.807, 2.05) is 13.2 Å². The van der Waals surface area contributed by atoms with Crippen LogP contribution >= 0.6 is 0 Å². The Bertz CT molecular complexity index is 817. The molecule has 5 heteroatoms. The van der Waals surface area contributed by atoms with E-state index >= 15 is 0 Å². The van der Waals surface area contributed by atoms with Crippen LogP contribution in [-0.2, 0) is 0 Å². The van der Waals surface area contributed by atoms with Crippen LogP contribution in [0.2, 0.25) is 0 Å². The Labute approximate surface area is 175 Å². The van der Waals surface area contributed by atoms with Crippen molar-refractivity contribution in [2.24, 2.45) is 0 Å². The molecule has 1 fully saturated rings. The molecule has 1 aliphatic heterocycles. The van der Waals surface area contributed by atoms with Crippen LogP contribution in [0.5, 0.6) is 0 Å². The molecule has 0 radical (unpaired) electrons. The number of benzene rings is 1. The standard InChI is InChI=1S/C24H35N5/c1-4-20(21-9-8-17(12-16(21)2)18(13-25)14-27-3)24(26)22-15-28-11-10-23(22)29-19-6-5-7-19/h8-9,12-14,19-20,25-29H,4-7,10-11,15H2,1-3H3/b18-14+,25-13?,26-24?. The van der Waals surface area contributed by atoms with E-state index in [9.17, 15) is 0 Å². The van der Waals surface area contributed by atoms with Gasteiger partial charge in [-0.3, -0.25) is 0 Å². The van der Waals surface area contributed by atoms with Gasteiger partial charge in [0.25, 0.3) is 0 Å². The van der Waals surface area contributed by atoms with Crippen molar-refractivity contribution in [2.45, 2.75) is 57.9 Å². The van der Waals surface area contributed by atoms with E-state index in [1.54, 1.807) is 0 Å². The van der Waals surface area contributed by atoms with Crippen LogP contribution in [0.4, 0.5) is 0 Å². The predicted octanol–water partition coefficient (Wildman–Crippen LogP) is 4.11. The van der Waals surface area contributed by atoms with Gasteiger partial charge >= 0.3 is 0 Å². The van der Waals surface area contributed by atoms with Gasteiger partial charge < -0.3 is 26.8 Å². The summed E-state index contributed by atoms with van der Waals surface area (Å²) in [6.07, 6.45) is 8.94. The van der Waals surface area contributed by atoms with E-state index in [4.69, 9.17) is 10.8 Å². The summed E-state index contributed by atoms with van der Waals surface area (Å²) in [4.78, 5) is 0.